The summed E-state index contributed by atoms with van der Waals surface area (Å²) in [7, 11) is 1.48. The number of fused-ring (bicyclic) bond motifs is 5. The summed E-state index contributed by atoms with van der Waals surface area (Å²) in [4.78, 5) is 52.1. The number of halogens is 1. The van der Waals surface area contributed by atoms with Gasteiger partial charge < -0.3 is 19.5 Å². The van der Waals surface area contributed by atoms with Gasteiger partial charge in [-0.15, -0.1) is 0 Å². The minimum absolute atomic E-state index is 0.125. The van der Waals surface area contributed by atoms with Gasteiger partial charge in [-0.1, -0.05) is 5.16 Å². The Morgan fingerprint density at radius 1 is 1.24 bits per heavy atom. The molecule has 3 atom stereocenters. The Morgan fingerprint density at radius 3 is 2.68 bits per heavy atom. The van der Waals surface area contributed by atoms with Gasteiger partial charge in [0.05, 0.1) is 41.1 Å². The number of barbiturate groups is 1. The Morgan fingerprint density at radius 2 is 1.97 bits per heavy atom. The van der Waals surface area contributed by atoms with Gasteiger partial charge in [-0.05, 0) is 25.5 Å². The van der Waals surface area contributed by atoms with Crippen LogP contribution in [-0.4, -0.2) is 70.5 Å². The number of amides is 5. The van der Waals surface area contributed by atoms with Crippen molar-refractivity contribution in [1.82, 2.24) is 30.9 Å². The van der Waals surface area contributed by atoms with Gasteiger partial charge in [0, 0.05) is 26.2 Å². The first kappa shape index (κ1) is 23.1. The Bertz CT molecular complexity index is 1490. The third kappa shape index (κ3) is 3.11. The summed E-state index contributed by atoms with van der Waals surface area (Å²) in [5.74, 6) is -2.51. The Hall–Kier alpha value is -4.33. The molecule has 1 spiro atoms. The number of carbonyl (C=O) groups excluding carboxylic acids is 4. The zero-order valence-electron chi connectivity index (χ0n) is 20.0. The van der Waals surface area contributed by atoms with Crippen LogP contribution in [0.1, 0.15) is 29.8 Å². The molecule has 0 radical (unpaired) electrons. The number of nitrogens with zero attached hydrogens (tertiary/aromatic N) is 4. The van der Waals surface area contributed by atoms with Crippen molar-refractivity contribution >= 4 is 40.4 Å². The molecule has 3 aliphatic heterocycles. The first-order valence-corrected chi connectivity index (χ1v) is 11.6. The number of ether oxygens (including phenoxy) is 1. The molecule has 0 bridgehead atoms. The minimum Gasteiger partial charge on any atom is -0.372 e. The summed E-state index contributed by atoms with van der Waals surface area (Å²) in [6.07, 6.45) is 1.57. The number of hydrogen-bond acceptors (Lipinski definition) is 9. The Kier molecular flexibility index (Phi) is 4.89. The third-order valence-corrected chi connectivity index (χ3v) is 7.23. The number of anilines is 1. The van der Waals surface area contributed by atoms with Crippen molar-refractivity contribution in [3.63, 3.8) is 0 Å². The molecule has 5 amide bonds. The second-order valence-corrected chi connectivity index (χ2v) is 9.47. The van der Waals surface area contributed by atoms with E-state index >= 15 is 4.39 Å². The van der Waals surface area contributed by atoms with Gasteiger partial charge in [-0.25, -0.2) is 13.9 Å². The molecule has 3 aromatic rings. The number of imide groups is 2. The fourth-order valence-corrected chi connectivity index (χ4v) is 5.80. The molecule has 3 aliphatic rings. The second kappa shape index (κ2) is 7.83. The van der Waals surface area contributed by atoms with Crippen LogP contribution in [0.2, 0.25) is 0 Å². The number of morpholine rings is 1. The number of nitrogens with one attached hydrogen (secondary N) is 3. The van der Waals surface area contributed by atoms with E-state index in [2.05, 4.69) is 26.2 Å². The quantitative estimate of drug-likeness (QED) is 0.414. The van der Waals surface area contributed by atoms with E-state index in [1.54, 1.807) is 17.9 Å². The van der Waals surface area contributed by atoms with E-state index in [1.165, 1.54) is 24.1 Å². The largest absolute Gasteiger partial charge is 0.372 e. The van der Waals surface area contributed by atoms with E-state index in [4.69, 9.17) is 9.26 Å². The van der Waals surface area contributed by atoms with Crippen molar-refractivity contribution in [3.05, 3.63) is 35.4 Å². The van der Waals surface area contributed by atoms with Gasteiger partial charge >= 0.3 is 6.03 Å². The van der Waals surface area contributed by atoms with Crippen molar-refractivity contribution in [2.75, 3.05) is 18.5 Å². The molecular weight excluding hydrogens is 489 g/mol. The highest BCUT2D eigenvalue weighted by molar-refractivity contribution is 6.20. The van der Waals surface area contributed by atoms with Crippen LogP contribution < -0.4 is 20.9 Å². The molecule has 0 unspecified atom stereocenters. The third-order valence-electron chi connectivity index (χ3n) is 7.23. The maximum Gasteiger partial charge on any atom is 0.328 e. The molecular formula is C23H22FN7O6. The van der Waals surface area contributed by atoms with Gasteiger partial charge in [0.15, 0.2) is 11.2 Å². The van der Waals surface area contributed by atoms with Crippen LogP contribution in [0.25, 0.3) is 16.8 Å². The van der Waals surface area contributed by atoms with Crippen LogP contribution in [0.15, 0.2) is 23.0 Å². The van der Waals surface area contributed by atoms with Gasteiger partial charge in [0.1, 0.15) is 0 Å². The number of urea groups is 1. The minimum atomic E-state index is -1.75. The molecule has 5 heterocycles. The molecule has 14 heteroatoms. The summed E-state index contributed by atoms with van der Waals surface area (Å²) in [5.41, 5.74) is -1.10. The molecule has 192 valence electrons. The molecule has 37 heavy (non-hydrogen) atoms. The molecule has 0 aliphatic carbocycles. The molecule has 0 saturated carbocycles. The highest BCUT2D eigenvalue weighted by atomic mass is 19.1. The molecule has 2 aromatic heterocycles. The maximum absolute atomic E-state index is 16.1. The first-order chi connectivity index (χ1) is 17.6. The van der Waals surface area contributed by atoms with Crippen molar-refractivity contribution in [2.24, 2.45) is 5.41 Å². The van der Waals surface area contributed by atoms with Crippen LogP contribution in [0.4, 0.5) is 14.9 Å². The molecule has 2 fully saturated rings. The average Bonchev–Trinajstić information content (AvgIpc) is 3.49. The zero-order valence-corrected chi connectivity index (χ0v) is 20.0. The fraction of sp³-hybridized carbons (Fsp3) is 0.391. The lowest BCUT2D eigenvalue weighted by atomic mass is 9.66. The van der Waals surface area contributed by atoms with Gasteiger partial charge in [-0.3, -0.25) is 25.0 Å². The lowest BCUT2D eigenvalue weighted by Crippen LogP contribution is -2.75. The van der Waals surface area contributed by atoms with E-state index in [0.717, 1.165) is 0 Å². The van der Waals surface area contributed by atoms with Gasteiger partial charge in [0.2, 0.25) is 23.2 Å². The number of rotatable bonds is 2. The summed E-state index contributed by atoms with van der Waals surface area (Å²) >= 11 is 0. The Balaban J connectivity index is 1.56. The lowest BCUT2D eigenvalue weighted by Gasteiger charge is -2.55. The van der Waals surface area contributed by atoms with E-state index in [-0.39, 0.29) is 53.0 Å². The lowest BCUT2D eigenvalue weighted by molar-refractivity contribution is -0.153. The Labute approximate surface area is 208 Å². The van der Waals surface area contributed by atoms with Crippen LogP contribution in [0.5, 0.6) is 0 Å². The first-order valence-electron chi connectivity index (χ1n) is 11.6. The second-order valence-electron chi connectivity index (χ2n) is 9.47. The zero-order chi connectivity index (χ0) is 26.2. The van der Waals surface area contributed by atoms with Crippen LogP contribution >= 0.6 is 0 Å². The number of benzene rings is 1. The monoisotopic (exact) mass is 511 g/mol. The summed E-state index contributed by atoms with van der Waals surface area (Å²) < 4.78 is 28.7. The van der Waals surface area contributed by atoms with Crippen molar-refractivity contribution in [3.8, 4) is 5.82 Å². The predicted molar refractivity (Wildman–Crippen MR) is 123 cm³/mol. The van der Waals surface area contributed by atoms with Crippen LogP contribution in [-0.2, 0) is 20.7 Å². The van der Waals surface area contributed by atoms with E-state index in [9.17, 15) is 19.2 Å². The molecule has 6 rings (SSSR count). The molecule has 13 nitrogen and oxygen atoms in total. The van der Waals surface area contributed by atoms with E-state index in [1.807, 2.05) is 6.92 Å². The topological polar surface area (TPSA) is 161 Å². The SMILES string of the molecule is CNC(=O)c1cnn(-c2noc3c(F)c4c(cc23)CC2(C(=O)NC(=O)NC2=O)[C@H]2[C@H](C)O[C@H](C)CN42)c1. The number of aromatic nitrogens is 3. The smallest absolute Gasteiger partial charge is 0.328 e. The summed E-state index contributed by atoms with van der Waals surface area (Å²) in [6, 6.07) is -0.204. The number of hydrogen-bond donors (Lipinski definition) is 3. The van der Waals surface area contributed by atoms with E-state index in [0.29, 0.717) is 5.56 Å². The van der Waals surface area contributed by atoms with Crippen molar-refractivity contribution in [2.45, 2.75) is 38.5 Å². The van der Waals surface area contributed by atoms with Crippen molar-refractivity contribution < 1.29 is 32.8 Å². The summed E-state index contributed by atoms with van der Waals surface area (Å²) in [5, 5.41) is 15.2. The highest BCUT2D eigenvalue weighted by Crippen LogP contribution is 2.49. The van der Waals surface area contributed by atoms with Crippen LogP contribution in [0, 0.1) is 11.2 Å². The standard InChI is InChI=1S/C23H22FN7O6/c1-9-7-30-15-11(5-23(17(30)10(2)36-9)20(33)27-22(35)28-21(23)34)4-13-16(14(15)24)37-29-18(13)31-8-12(6-26-31)19(32)25-3/h4,6,8-10,17H,5,7H2,1-3H3,(H,25,32)(H2,27,28,33,34,35)/t9-,10+,17-/m1/s1. The normalized spacial score (nSPS) is 24.5. The molecule has 2 saturated heterocycles. The fourth-order valence-electron chi connectivity index (χ4n) is 5.80. The van der Waals surface area contributed by atoms with Crippen LogP contribution in [0.3, 0.4) is 0 Å². The predicted octanol–water partition coefficient (Wildman–Crippen LogP) is 0.403. The van der Waals surface area contributed by atoms with E-state index < -0.39 is 41.2 Å². The van der Waals surface area contributed by atoms with Crippen molar-refractivity contribution in [1.29, 1.82) is 0 Å². The summed E-state index contributed by atoms with van der Waals surface area (Å²) in [6.45, 7) is 3.71. The number of carbonyl (C=O) groups is 4. The van der Waals surface area contributed by atoms with Gasteiger partial charge in [0.25, 0.3) is 5.91 Å². The molecule has 3 N–H and O–H groups in total. The maximum atomic E-state index is 16.1. The van der Waals surface area contributed by atoms with Gasteiger partial charge in [-0.2, -0.15) is 5.10 Å². The molecule has 1 aromatic carbocycles. The highest BCUT2D eigenvalue weighted by Gasteiger charge is 2.63. The average molecular weight is 511 g/mol.